The Hall–Kier alpha value is -2.43. The molecule has 2 N–H and O–H groups in total. The molecule has 2 aromatic rings. The van der Waals surface area contributed by atoms with Crippen molar-refractivity contribution < 1.29 is 23.8 Å². The first-order valence-corrected chi connectivity index (χ1v) is 10.8. The van der Waals surface area contributed by atoms with Crippen molar-refractivity contribution in [2.45, 2.75) is 31.8 Å². The molecule has 6 nitrogen and oxygen atoms in total. The number of carboxylic acid groups (broad SMARTS) is 1. The number of aliphatic carboxylic acids is 1. The number of hydrogen-bond donors (Lipinski definition) is 2. The van der Waals surface area contributed by atoms with Crippen LogP contribution in [0.5, 0.6) is 0 Å². The van der Waals surface area contributed by atoms with E-state index in [0.29, 0.717) is 12.6 Å². The van der Waals surface area contributed by atoms with Crippen molar-refractivity contribution in [2.24, 2.45) is 0 Å². The highest BCUT2D eigenvalue weighted by molar-refractivity contribution is 7.39. The summed E-state index contributed by atoms with van der Waals surface area (Å²) in [6.07, 6.45) is 1.12. The lowest BCUT2D eigenvalue weighted by molar-refractivity contribution is -0.137. The maximum Gasteiger partial charge on any atom is 0.305 e. The predicted octanol–water partition coefficient (Wildman–Crippen LogP) is 3.31. The van der Waals surface area contributed by atoms with Crippen LogP contribution in [-0.4, -0.2) is 35.8 Å². The van der Waals surface area contributed by atoms with Gasteiger partial charge in [-0.05, 0) is 24.0 Å². The first-order valence-electron chi connectivity index (χ1n) is 9.31. The van der Waals surface area contributed by atoms with E-state index in [9.17, 15) is 14.2 Å². The molecule has 1 amide bonds. The van der Waals surface area contributed by atoms with Crippen LogP contribution in [0.15, 0.2) is 60.7 Å². The second-order valence-corrected chi connectivity index (χ2v) is 7.92. The zero-order valence-corrected chi connectivity index (χ0v) is 16.7. The van der Waals surface area contributed by atoms with E-state index in [2.05, 4.69) is 5.32 Å². The molecule has 0 aromatic heterocycles. The second-order valence-electron chi connectivity index (χ2n) is 6.44. The van der Waals surface area contributed by atoms with E-state index in [1.807, 2.05) is 60.7 Å². The highest BCUT2D eigenvalue weighted by Crippen LogP contribution is 2.27. The number of carbonyl (C=O) groups is 2. The van der Waals surface area contributed by atoms with Gasteiger partial charge >= 0.3 is 5.97 Å². The molecule has 2 unspecified atom stereocenters. The number of rotatable bonds is 12. The zero-order valence-electron chi connectivity index (χ0n) is 15.7. The fraction of sp³-hybridized carbons (Fsp3) is 0.333. The van der Waals surface area contributed by atoms with Gasteiger partial charge in [-0.2, -0.15) is 0 Å². The first-order chi connectivity index (χ1) is 13.5. The molecule has 0 aliphatic rings. The van der Waals surface area contributed by atoms with Crippen LogP contribution in [0.25, 0.3) is 0 Å². The van der Waals surface area contributed by atoms with Crippen LogP contribution in [-0.2, 0) is 31.5 Å². The van der Waals surface area contributed by atoms with E-state index in [1.165, 1.54) is 5.56 Å². The Morgan fingerprint density at radius 3 is 2.21 bits per heavy atom. The summed E-state index contributed by atoms with van der Waals surface area (Å²) in [5.41, 5.74) is 2.06. The molecular formula is C21H26NO5P. The Morgan fingerprint density at radius 2 is 1.61 bits per heavy atom. The van der Waals surface area contributed by atoms with E-state index >= 15 is 0 Å². The monoisotopic (exact) mass is 403 g/mol. The van der Waals surface area contributed by atoms with Gasteiger partial charge in [-0.3, -0.25) is 14.2 Å². The largest absolute Gasteiger partial charge is 0.481 e. The van der Waals surface area contributed by atoms with Gasteiger partial charge in [0, 0.05) is 19.1 Å². The molecule has 0 aliphatic heterocycles. The summed E-state index contributed by atoms with van der Waals surface area (Å²) in [5.74, 6) is -1.43. The molecule has 28 heavy (non-hydrogen) atoms. The van der Waals surface area contributed by atoms with E-state index < -0.39 is 26.0 Å². The van der Waals surface area contributed by atoms with Crippen molar-refractivity contribution in [3.63, 3.8) is 0 Å². The topological polar surface area (TPSA) is 92.7 Å². The molecular weight excluding hydrogens is 377 g/mol. The summed E-state index contributed by atoms with van der Waals surface area (Å²) in [6.45, 7) is 0.0117. The minimum absolute atomic E-state index is 0.0117. The van der Waals surface area contributed by atoms with Crippen LogP contribution < -0.4 is 5.32 Å². The Labute approximate surface area is 165 Å². The Morgan fingerprint density at radius 1 is 1.00 bits per heavy atom. The Kier molecular flexibility index (Phi) is 9.46. The van der Waals surface area contributed by atoms with Crippen LogP contribution in [0.4, 0.5) is 0 Å². The lowest BCUT2D eigenvalue weighted by Crippen LogP contribution is -2.38. The fourth-order valence-corrected chi connectivity index (χ4v) is 3.81. The van der Waals surface area contributed by atoms with Crippen molar-refractivity contribution in [1.82, 2.24) is 5.32 Å². The van der Waals surface area contributed by atoms with Gasteiger partial charge in [0.05, 0.1) is 6.42 Å². The normalized spacial score (nSPS) is 12.9. The molecule has 0 heterocycles. The minimum atomic E-state index is -2.39. The second kappa shape index (κ2) is 12.1. The Balaban J connectivity index is 1.88. The standard InChI is InChI=1S/C21H26NO5P/c23-20(24)13-14-22-21(25)19(16-18-10-5-2-6-11-18)27-28(26)15-7-12-17-8-3-1-4-9-17/h1-6,8-11,19,28H,7,12-16H2,(H,22,25)(H,23,24). The van der Waals surface area contributed by atoms with Crippen LogP contribution in [0, 0.1) is 0 Å². The zero-order chi connectivity index (χ0) is 20.2. The number of carbonyl (C=O) groups excluding carboxylic acids is 1. The summed E-state index contributed by atoms with van der Waals surface area (Å²) < 4.78 is 18.0. The summed E-state index contributed by atoms with van der Waals surface area (Å²) in [7, 11) is -2.39. The van der Waals surface area contributed by atoms with Crippen molar-refractivity contribution >= 4 is 19.9 Å². The molecule has 150 valence electrons. The number of hydrogen-bond acceptors (Lipinski definition) is 4. The molecule has 0 saturated carbocycles. The quantitative estimate of drug-likeness (QED) is 0.531. The van der Waals surface area contributed by atoms with Gasteiger partial charge in [0.25, 0.3) is 0 Å². The average Bonchev–Trinajstić information content (AvgIpc) is 2.69. The van der Waals surface area contributed by atoms with Crippen molar-refractivity contribution in [3.8, 4) is 0 Å². The molecule has 7 heteroatoms. The van der Waals surface area contributed by atoms with Gasteiger partial charge in [-0.15, -0.1) is 0 Å². The molecule has 0 saturated heterocycles. The maximum atomic E-state index is 12.4. The van der Waals surface area contributed by atoms with Gasteiger partial charge < -0.3 is 14.9 Å². The summed E-state index contributed by atoms with van der Waals surface area (Å²) >= 11 is 0. The van der Waals surface area contributed by atoms with Gasteiger partial charge in [0.1, 0.15) is 6.10 Å². The predicted molar refractivity (Wildman–Crippen MR) is 109 cm³/mol. The molecule has 0 spiro atoms. The lowest BCUT2D eigenvalue weighted by Gasteiger charge is -2.17. The van der Waals surface area contributed by atoms with E-state index in [0.717, 1.165) is 12.0 Å². The van der Waals surface area contributed by atoms with Gasteiger partial charge in [-0.1, -0.05) is 60.7 Å². The minimum Gasteiger partial charge on any atom is -0.481 e. The van der Waals surface area contributed by atoms with Crippen LogP contribution in [0.2, 0.25) is 0 Å². The van der Waals surface area contributed by atoms with E-state index in [1.54, 1.807) is 0 Å². The maximum absolute atomic E-state index is 12.4. The highest BCUT2D eigenvalue weighted by atomic mass is 31.1. The van der Waals surface area contributed by atoms with Crippen molar-refractivity contribution in [2.75, 3.05) is 12.7 Å². The SMILES string of the molecule is O=C(O)CCNC(=O)C(Cc1ccccc1)O[PH](=O)CCCc1ccccc1. The van der Waals surface area contributed by atoms with Crippen LogP contribution in [0.1, 0.15) is 24.0 Å². The summed E-state index contributed by atoms with van der Waals surface area (Å²) in [6, 6.07) is 19.2. The smallest absolute Gasteiger partial charge is 0.305 e. The summed E-state index contributed by atoms with van der Waals surface area (Å²) in [5, 5.41) is 11.3. The molecule has 0 radical (unpaired) electrons. The lowest BCUT2D eigenvalue weighted by atomic mass is 10.1. The number of benzene rings is 2. The highest BCUT2D eigenvalue weighted by Gasteiger charge is 2.22. The average molecular weight is 403 g/mol. The first kappa shape index (κ1) is 21.9. The number of carboxylic acids is 1. The third-order valence-corrected chi connectivity index (χ3v) is 5.47. The third kappa shape index (κ3) is 8.51. The molecule has 0 bridgehead atoms. The molecule has 2 atom stereocenters. The van der Waals surface area contributed by atoms with E-state index in [4.69, 9.17) is 9.63 Å². The van der Waals surface area contributed by atoms with Gasteiger partial charge in [0.15, 0.2) is 8.03 Å². The van der Waals surface area contributed by atoms with Crippen LogP contribution >= 0.6 is 8.03 Å². The molecule has 0 fully saturated rings. The Bertz CT molecular complexity index is 767. The number of nitrogens with one attached hydrogen (secondary N) is 1. The summed E-state index contributed by atoms with van der Waals surface area (Å²) in [4.78, 5) is 23.0. The number of aryl methyl sites for hydroxylation is 1. The molecule has 0 aliphatic carbocycles. The number of amides is 1. The van der Waals surface area contributed by atoms with Gasteiger partial charge in [0.2, 0.25) is 5.91 Å². The van der Waals surface area contributed by atoms with Crippen molar-refractivity contribution in [1.29, 1.82) is 0 Å². The van der Waals surface area contributed by atoms with Crippen LogP contribution in [0.3, 0.4) is 0 Å². The van der Waals surface area contributed by atoms with E-state index in [-0.39, 0.29) is 19.4 Å². The van der Waals surface area contributed by atoms with Gasteiger partial charge in [-0.25, -0.2) is 0 Å². The third-order valence-electron chi connectivity index (χ3n) is 4.16. The fourth-order valence-electron chi connectivity index (χ4n) is 2.72. The van der Waals surface area contributed by atoms with Crippen molar-refractivity contribution in [3.05, 3.63) is 71.8 Å². The molecule has 2 aromatic carbocycles. The molecule has 2 rings (SSSR count).